The van der Waals surface area contributed by atoms with Crippen molar-refractivity contribution in [2.45, 2.75) is 69.4 Å². The Morgan fingerprint density at radius 2 is 1.71 bits per heavy atom. The highest BCUT2D eigenvalue weighted by atomic mass is 35.5. The van der Waals surface area contributed by atoms with Gasteiger partial charge < -0.3 is 14.5 Å². The number of piperidine rings is 2. The van der Waals surface area contributed by atoms with Crippen molar-refractivity contribution in [3.8, 4) is 0 Å². The van der Waals surface area contributed by atoms with Crippen LogP contribution in [0.3, 0.4) is 0 Å². The Bertz CT molecular complexity index is 772. The number of hydrogen-bond acceptors (Lipinski definition) is 5. The second-order valence-electron chi connectivity index (χ2n) is 9.72. The van der Waals surface area contributed by atoms with Crippen LogP contribution in [-0.4, -0.2) is 102 Å². The number of nitrogens with zero attached hydrogens (tertiary/aromatic N) is 4. The topological polar surface area (TPSA) is 56.3 Å². The monoisotopic (exact) mass is 528 g/mol. The van der Waals surface area contributed by atoms with Crippen molar-refractivity contribution in [2.24, 2.45) is 0 Å². The molecular weight excluding hydrogens is 484 g/mol. The number of carbonyl (C=O) groups is 1. The summed E-state index contributed by atoms with van der Waals surface area (Å²) in [6.45, 7) is 10.3. The van der Waals surface area contributed by atoms with Crippen molar-refractivity contribution in [3.05, 3.63) is 29.3 Å². The molecule has 3 rings (SSSR count). The third-order valence-electron chi connectivity index (χ3n) is 6.73. The summed E-state index contributed by atoms with van der Waals surface area (Å²) in [5.74, 6) is 0. The van der Waals surface area contributed by atoms with Gasteiger partial charge in [0, 0.05) is 49.8 Å². The number of rotatable bonds is 8. The molecule has 1 aromatic carbocycles. The minimum absolute atomic E-state index is 0.186. The quantitative estimate of drug-likeness (QED) is 0.488. The van der Waals surface area contributed by atoms with Crippen LogP contribution in [0.1, 0.15) is 52.4 Å². The minimum Gasteiger partial charge on any atom is -0.453 e. The fourth-order valence-electron chi connectivity index (χ4n) is 4.64. The largest absolute Gasteiger partial charge is 0.453 e. The molecule has 0 aromatic heterocycles. The van der Waals surface area contributed by atoms with Crippen molar-refractivity contribution in [1.82, 2.24) is 19.0 Å². The second-order valence-corrected chi connectivity index (χ2v) is 11.6. The zero-order valence-corrected chi connectivity index (χ0v) is 23.8. The van der Waals surface area contributed by atoms with Gasteiger partial charge in [-0.25, -0.2) is 13.3 Å². The molecule has 1 amide bonds. The zero-order chi connectivity index (χ0) is 25.8. The van der Waals surface area contributed by atoms with Gasteiger partial charge in [-0.05, 0) is 83.9 Å². The first-order valence-electron chi connectivity index (χ1n) is 12.9. The lowest BCUT2D eigenvalue weighted by Crippen LogP contribution is -2.48. The Kier molecular flexibility index (Phi) is 13.6. The first-order chi connectivity index (χ1) is 16.8. The van der Waals surface area contributed by atoms with Crippen molar-refractivity contribution in [3.63, 3.8) is 0 Å². The number of likely N-dealkylation sites (tertiary alicyclic amines) is 1. The van der Waals surface area contributed by atoms with E-state index in [0.29, 0.717) is 17.1 Å². The van der Waals surface area contributed by atoms with Crippen LogP contribution in [0.5, 0.6) is 0 Å². The van der Waals surface area contributed by atoms with Gasteiger partial charge in [0.05, 0.1) is 12.0 Å². The number of carbonyl (C=O) groups excluding carboxylic acids is 1. The van der Waals surface area contributed by atoms with Crippen LogP contribution in [0.25, 0.3) is 0 Å². The fourth-order valence-corrected chi connectivity index (χ4v) is 6.13. The maximum absolute atomic E-state index is 12.3. The van der Waals surface area contributed by atoms with Gasteiger partial charge in [0.2, 0.25) is 0 Å². The maximum Gasteiger partial charge on any atom is 0.409 e. The average Bonchev–Trinajstić information content (AvgIpc) is 2.87. The third-order valence-corrected chi connectivity index (χ3v) is 8.63. The summed E-state index contributed by atoms with van der Waals surface area (Å²) in [6.07, 6.45) is 6.64. The molecule has 0 saturated carbocycles. The Morgan fingerprint density at radius 3 is 2.26 bits per heavy atom. The highest BCUT2D eigenvalue weighted by Gasteiger charge is 2.27. The van der Waals surface area contributed by atoms with Crippen LogP contribution < -0.4 is 0 Å². The molecular formula is C26H45ClN4O3S. The smallest absolute Gasteiger partial charge is 0.409 e. The number of amides is 1. The molecule has 0 bridgehead atoms. The number of benzene rings is 1. The molecule has 2 saturated heterocycles. The average molecular weight is 529 g/mol. The molecule has 0 spiro atoms. The minimum atomic E-state index is -1.03. The Hall–Kier alpha value is -1.19. The standard InChI is InChI=1S/C14H29N3O2.C12H16ClNOS/c1-5-8-16(12-11-15(2)3)13-6-9-17(10-7-13)14(18)19-4;1-10-4-2-3-9-14(10)16(15)12-7-5-11(13)6-8-12/h13H,5-12H2,1-4H3;5-8,10H,2-4,9H2,1H3/t;10-,16?/m.1/s1. The lowest BCUT2D eigenvalue weighted by atomic mass is 10.0. The van der Waals surface area contributed by atoms with Crippen LogP contribution in [0, 0.1) is 0 Å². The summed E-state index contributed by atoms with van der Waals surface area (Å²) in [5, 5.41) is 0.687. The molecule has 0 N–H and O–H groups in total. The second kappa shape index (κ2) is 15.8. The van der Waals surface area contributed by atoms with E-state index in [-0.39, 0.29) is 6.09 Å². The molecule has 1 unspecified atom stereocenters. The number of hydrogen-bond donors (Lipinski definition) is 0. The van der Waals surface area contributed by atoms with Crippen LogP contribution in [0.2, 0.25) is 5.02 Å². The van der Waals surface area contributed by atoms with Crippen LogP contribution >= 0.6 is 11.6 Å². The Morgan fingerprint density at radius 1 is 1.06 bits per heavy atom. The molecule has 2 fully saturated rings. The van der Waals surface area contributed by atoms with Gasteiger partial charge >= 0.3 is 6.09 Å². The summed E-state index contributed by atoms with van der Waals surface area (Å²) in [7, 11) is 4.65. The van der Waals surface area contributed by atoms with Crippen molar-refractivity contribution in [1.29, 1.82) is 0 Å². The third kappa shape index (κ3) is 10.00. The molecule has 7 nitrogen and oxygen atoms in total. The molecule has 35 heavy (non-hydrogen) atoms. The fraction of sp³-hybridized carbons (Fsp3) is 0.731. The van der Waals surface area contributed by atoms with Gasteiger partial charge in [-0.2, -0.15) is 0 Å². The molecule has 9 heteroatoms. The maximum atomic E-state index is 12.3. The van der Waals surface area contributed by atoms with E-state index in [1.54, 1.807) is 12.1 Å². The van der Waals surface area contributed by atoms with Gasteiger partial charge in [0.15, 0.2) is 0 Å². The first kappa shape index (κ1) is 30.0. The predicted octanol–water partition coefficient (Wildman–Crippen LogP) is 4.73. The van der Waals surface area contributed by atoms with E-state index in [4.69, 9.17) is 16.3 Å². The van der Waals surface area contributed by atoms with Crippen LogP contribution in [0.4, 0.5) is 4.79 Å². The van der Waals surface area contributed by atoms with Crippen molar-refractivity contribution >= 4 is 28.7 Å². The SMILES string of the molecule is CCCN(CCN(C)C)C1CCN(C(=O)OC)CC1.C[C@@H]1CCCCN1S(=O)c1ccc(Cl)cc1. The number of halogens is 1. The number of methoxy groups -OCH3 is 1. The van der Waals surface area contributed by atoms with E-state index < -0.39 is 11.0 Å². The lowest BCUT2D eigenvalue weighted by molar-refractivity contribution is 0.0812. The summed E-state index contributed by atoms with van der Waals surface area (Å²) >= 11 is 5.82. The summed E-state index contributed by atoms with van der Waals surface area (Å²) in [5.41, 5.74) is 0. The van der Waals surface area contributed by atoms with Crippen molar-refractivity contribution < 1.29 is 13.7 Å². The number of ether oxygens (including phenoxy) is 1. The van der Waals surface area contributed by atoms with Gasteiger partial charge in [-0.15, -0.1) is 0 Å². The number of likely N-dealkylation sites (N-methyl/N-ethyl adjacent to an activating group) is 1. The zero-order valence-electron chi connectivity index (χ0n) is 22.2. The lowest BCUT2D eigenvalue weighted by Gasteiger charge is -2.38. The van der Waals surface area contributed by atoms with Crippen LogP contribution in [-0.2, 0) is 15.7 Å². The molecule has 1 aromatic rings. The Labute approximate surface area is 220 Å². The van der Waals surface area contributed by atoms with E-state index in [1.807, 2.05) is 17.0 Å². The Balaban J connectivity index is 0.000000250. The van der Waals surface area contributed by atoms with Gasteiger partial charge in [-0.3, -0.25) is 4.90 Å². The predicted molar refractivity (Wildman–Crippen MR) is 145 cm³/mol. The van der Waals surface area contributed by atoms with E-state index in [1.165, 1.54) is 20.0 Å². The van der Waals surface area contributed by atoms with E-state index in [0.717, 1.165) is 69.8 Å². The molecule has 0 aliphatic carbocycles. The van der Waals surface area contributed by atoms with E-state index >= 15 is 0 Å². The molecule has 0 radical (unpaired) electrons. The van der Waals surface area contributed by atoms with Gasteiger partial charge in [-0.1, -0.05) is 24.9 Å². The van der Waals surface area contributed by atoms with Crippen molar-refractivity contribution in [2.75, 3.05) is 60.5 Å². The highest BCUT2D eigenvalue weighted by molar-refractivity contribution is 7.82. The first-order valence-corrected chi connectivity index (χ1v) is 14.4. The summed E-state index contributed by atoms with van der Waals surface area (Å²) < 4.78 is 19.2. The van der Waals surface area contributed by atoms with Gasteiger partial charge in [0.25, 0.3) is 0 Å². The van der Waals surface area contributed by atoms with Gasteiger partial charge in [0.1, 0.15) is 11.0 Å². The highest BCUT2D eigenvalue weighted by Crippen LogP contribution is 2.23. The van der Waals surface area contributed by atoms with E-state index in [9.17, 15) is 9.00 Å². The molecule has 2 atom stereocenters. The summed E-state index contributed by atoms with van der Waals surface area (Å²) in [4.78, 5) is 18.9. The van der Waals surface area contributed by atoms with Crippen LogP contribution in [0.15, 0.2) is 29.2 Å². The summed E-state index contributed by atoms with van der Waals surface area (Å²) in [6, 6.07) is 8.30. The van der Waals surface area contributed by atoms with E-state index in [2.05, 4.69) is 42.0 Å². The molecule has 200 valence electrons. The molecule has 2 heterocycles. The normalized spacial score (nSPS) is 20.5. The molecule has 2 aliphatic rings. The molecule has 2 aliphatic heterocycles.